The van der Waals surface area contributed by atoms with Crippen LogP contribution in [0.4, 0.5) is 0 Å². The molecule has 0 bridgehead atoms. The third-order valence-electron chi connectivity index (χ3n) is 1.73. The zero-order valence-electron chi connectivity index (χ0n) is 6.80. The zero-order chi connectivity index (χ0) is 8.32. The van der Waals surface area contributed by atoms with Crippen molar-refractivity contribution in [1.82, 2.24) is 0 Å². The van der Waals surface area contributed by atoms with E-state index in [4.69, 9.17) is 0 Å². The van der Waals surface area contributed by atoms with Gasteiger partial charge >= 0.3 is 0 Å². The van der Waals surface area contributed by atoms with E-state index in [0.717, 1.165) is 5.57 Å². The molecule has 0 spiro atoms. The SMILES string of the molecule is C=C=CC1(C)C=CC(=C)C=C1. The number of allylic oxidation sites excluding steroid dienone is 6. The van der Waals surface area contributed by atoms with E-state index in [9.17, 15) is 0 Å². The largest absolute Gasteiger partial charge is 0.132 e. The van der Waals surface area contributed by atoms with Gasteiger partial charge in [-0.05, 0) is 18.6 Å². The summed E-state index contributed by atoms with van der Waals surface area (Å²) in [6.45, 7) is 9.47. The zero-order valence-corrected chi connectivity index (χ0v) is 6.80. The Labute approximate surface area is 67.9 Å². The van der Waals surface area contributed by atoms with E-state index < -0.39 is 0 Å². The lowest BCUT2D eigenvalue weighted by atomic mass is 9.85. The van der Waals surface area contributed by atoms with Gasteiger partial charge in [0.05, 0.1) is 0 Å². The molecule has 56 valence electrons. The molecule has 1 aliphatic rings. The van der Waals surface area contributed by atoms with E-state index in [1.807, 2.05) is 18.2 Å². The Morgan fingerprint density at radius 1 is 1.45 bits per heavy atom. The van der Waals surface area contributed by atoms with E-state index in [1.165, 1.54) is 0 Å². The second kappa shape index (κ2) is 2.77. The molecule has 0 aromatic rings. The quantitative estimate of drug-likeness (QED) is 0.496. The van der Waals surface area contributed by atoms with Crippen LogP contribution in [-0.2, 0) is 0 Å². The van der Waals surface area contributed by atoms with Gasteiger partial charge in [-0.25, -0.2) is 0 Å². The topological polar surface area (TPSA) is 0 Å². The molecule has 0 aromatic heterocycles. The van der Waals surface area contributed by atoms with Crippen LogP contribution in [0.15, 0.2) is 54.8 Å². The van der Waals surface area contributed by atoms with Gasteiger partial charge in [-0.3, -0.25) is 0 Å². The Hall–Kier alpha value is -1.26. The second-order valence-electron chi connectivity index (χ2n) is 2.96. The minimum Gasteiger partial charge on any atom is -0.132 e. The smallest absolute Gasteiger partial charge is 0.0294 e. The Balaban J connectivity index is 2.93. The van der Waals surface area contributed by atoms with E-state index in [-0.39, 0.29) is 5.41 Å². The fourth-order valence-electron chi connectivity index (χ4n) is 1.00. The van der Waals surface area contributed by atoms with Crippen LogP contribution in [-0.4, -0.2) is 0 Å². The summed E-state index contributed by atoms with van der Waals surface area (Å²) < 4.78 is 0. The summed E-state index contributed by atoms with van der Waals surface area (Å²) in [5.41, 5.74) is 3.82. The molecule has 0 fully saturated rings. The Bertz CT molecular complexity index is 254. The molecule has 0 aliphatic heterocycles. The first kappa shape index (κ1) is 7.84. The van der Waals surface area contributed by atoms with Crippen LogP contribution in [0.25, 0.3) is 0 Å². The normalized spacial score (nSPS) is 19.5. The van der Waals surface area contributed by atoms with E-state index in [0.29, 0.717) is 0 Å². The van der Waals surface area contributed by atoms with Gasteiger partial charge in [0.15, 0.2) is 0 Å². The van der Waals surface area contributed by atoms with Gasteiger partial charge in [0.25, 0.3) is 0 Å². The molecule has 0 saturated heterocycles. The molecule has 0 radical (unpaired) electrons. The fraction of sp³-hybridized carbons (Fsp3) is 0.182. The van der Waals surface area contributed by atoms with E-state index >= 15 is 0 Å². The molecule has 11 heavy (non-hydrogen) atoms. The highest BCUT2D eigenvalue weighted by molar-refractivity contribution is 5.38. The lowest BCUT2D eigenvalue weighted by Crippen LogP contribution is -2.06. The minimum absolute atomic E-state index is 0.0110. The average Bonchev–Trinajstić information content (AvgIpc) is 1.97. The summed E-state index contributed by atoms with van der Waals surface area (Å²) in [7, 11) is 0. The highest BCUT2D eigenvalue weighted by Gasteiger charge is 2.14. The first-order chi connectivity index (χ1) is 5.16. The number of rotatable bonds is 1. The maximum absolute atomic E-state index is 3.82. The molecule has 0 unspecified atom stereocenters. The van der Waals surface area contributed by atoms with Gasteiger partial charge in [-0.15, -0.1) is 5.73 Å². The van der Waals surface area contributed by atoms with Gasteiger partial charge in [0.2, 0.25) is 0 Å². The summed E-state index contributed by atoms with van der Waals surface area (Å²) in [6, 6.07) is 0. The highest BCUT2D eigenvalue weighted by Crippen LogP contribution is 2.26. The van der Waals surface area contributed by atoms with Gasteiger partial charge in [0.1, 0.15) is 0 Å². The molecule has 1 rings (SSSR count). The standard InChI is InChI=1S/C11H12/c1-4-7-11(3)8-5-10(2)6-9-11/h5-9H,1-2H2,3H3. The number of hydrogen-bond acceptors (Lipinski definition) is 0. The van der Waals surface area contributed by atoms with Crippen LogP contribution in [0, 0.1) is 5.41 Å². The van der Waals surface area contributed by atoms with Crippen LogP contribution in [0.1, 0.15) is 6.92 Å². The molecular formula is C11H12. The lowest BCUT2D eigenvalue weighted by Gasteiger charge is -2.18. The van der Waals surface area contributed by atoms with Crippen LogP contribution in [0.3, 0.4) is 0 Å². The van der Waals surface area contributed by atoms with Crippen molar-refractivity contribution in [3.05, 3.63) is 54.8 Å². The molecular weight excluding hydrogens is 132 g/mol. The summed E-state index contributed by atoms with van der Waals surface area (Å²) in [4.78, 5) is 0. The monoisotopic (exact) mass is 144 g/mol. The molecule has 0 heteroatoms. The molecule has 0 heterocycles. The summed E-state index contributed by atoms with van der Waals surface area (Å²) in [5.74, 6) is 0. The first-order valence-electron chi connectivity index (χ1n) is 3.61. The molecule has 0 saturated carbocycles. The van der Waals surface area contributed by atoms with Crippen molar-refractivity contribution >= 4 is 0 Å². The van der Waals surface area contributed by atoms with Gasteiger partial charge in [0, 0.05) is 5.41 Å². The summed E-state index contributed by atoms with van der Waals surface area (Å²) in [6.07, 6.45) is 10.1. The van der Waals surface area contributed by atoms with E-state index in [1.54, 1.807) is 0 Å². The van der Waals surface area contributed by atoms with Gasteiger partial charge in [-0.2, -0.15) is 0 Å². The number of hydrogen-bond donors (Lipinski definition) is 0. The predicted octanol–water partition coefficient (Wildman–Crippen LogP) is 3.02. The minimum atomic E-state index is -0.0110. The molecule has 0 aromatic carbocycles. The predicted molar refractivity (Wildman–Crippen MR) is 49.2 cm³/mol. The Morgan fingerprint density at radius 3 is 2.45 bits per heavy atom. The molecule has 0 nitrogen and oxygen atoms in total. The van der Waals surface area contributed by atoms with Crippen LogP contribution < -0.4 is 0 Å². The summed E-state index contributed by atoms with van der Waals surface area (Å²) in [5, 5.41) is 0. The average molecular weight is 144 g/mol. The van der Waals surface area contributed by atoms with Crippen molar-refractivity contribution in [2.75, 3.05) is 0 Å². The lowest BCUT2D eigenvalue weighted by molar-refractivity contribution is 0.712. The Kier molecular flexibility index (Phi) is 1.98. The fourth-order valence-corrected chi connectivity index (χ4v) is 1.00. The second-order valence-corrected chi connectivity index (χ2v) is 2.96. The van der Waals surface area contributed by atoms with E-state index in [2.05, 4.69) is 38.0 Å². The van der Waals surface area contributed by atoms with Crippen molar-refractivity contribution < 1.29 is 0 Å². The van der Waals surface area contributed by atoms with Crippen LogP contribution in [0.5, 0.6) is 0 Å². The summed E-state index contributed by atoms with van der Waals surface area (Å²) >= 11 is 0. The maximum Gasteiger partial charge on any atom is 0.0294 e. The van der Waals surface area contributed by atoms with Crippen molar-refractivity contribution in [1.29, 1.82) is 0 Å². The molecule has 1 aliphatic carbocycles. The molecule has 0 N–H and O–H groups in total. The van der Waals surface area contributed by atoms with Crippen molar-refractivity contribution in [2.24, 2.45) is 5.41 Å². The van der Waals surface area contributed by atoms with Gasteiger partial charge < -0.3 is 0 Å². The van der Waals surface area contributed by atoms with Crippen molar-refractivity contribution in [3.63, 3.8) is 0 Å². The van der Waals surface area contributed by atoms with Crippen molar-refractivity contribution in [2.45, 2.75) is 6.92 Å². The van der Waals surface area contributed by atoms with Gasteiger partial charge in [-0.1, -0.05) is 37.5 Å². The molecule has 0 amide bonds. The van der Waals surface area contributed by atoms with Crippen LogP contribution in [0.2, 0.25) is 0 Å². The molecule has 0 atom stereocenters. The Morgan fingerprint density at radius 2 is 2.00 bits per heavy atom. The first-order valence-corrected chi connectivity index (χ1v) is 3.61. The highest BCUT2D eigenvalue weighted by atomic mass is 14.2. The third kappa shape index (κ3) is 1.83. The maximum atomic E-state index is 3.82. The van der Waals surface area contributed by atoms with Crippen molar-refractivity contribution in [3.8, 4) is 0 Å². The van der Waals surface area contributed by atoms with Crippen LogP contribution >= 0.6 is 0 Å². The third-order valence-corrected chi connectivity index (χ3v) is 1.73.